The minimum absolute atomic E-state index is 0.400. The number of rotatable bonds is 0. The molecule has 0 aromatic rings. The first kappa shape index (κ1) is 6.46. The van der Waals surface area contributed by atoms with Gasteiger partial charge in [0.25, 0.3) is 0 Å². The second-order valence-electron chi connectivity index (χ2n) is 2.17. The summed E-state index contributed by atoms with van der Waals surface area (Å²) in [6, 6.07) is 0. The average Bonchev–Trinajstić information content (AvgIpc) is 1.77. The summed E-state index contributed by atoms with van der Waals surface area (Å²) in [5, 5.41) is 0. The first-order valence-corrected chi connectivity index (χ1v) is 5.42. The van der Waals surface area contributed by atoms with E-state index in [-0.39, 0.29) is 0 Å². The Bertz CT molecular complexity index is 108. The Labute approximate surface area is 60.7 Å². The predicted molar refractivity (Wildman–Crippen MR) is 47.9 cm³/mol. The second kappa shape index (κ2) is 2.76. The van der Waals surface area contributed by atoms with Crippen molar-refractivity contribution < 1.29 is 0 Å². The van der Waals surface area contributed by atoms with Crippen molar-refractivity contribution in [3.63, 3.8) is 0 Å². The Morgan fingerprint density at radius 3 is 2.50 bits per heavy atom. The minimum Gasteiger partial charge on any atom is -0.119 e. The van der Waals surface area contributed by atoms with Gasteiger partial charge in [0.15, 0.2) is 0 Å². The number of halogens is 1. The quantitative estimate of drug-likeness (QED) is 0.436. The highest BCUT2D eigenvalue weighted by Gasteiger charge is 2.06. The van der Waals surface area contributed by atoms with Gasteiger partial charge in [-0.2, -0.15) is 0 Å². The van der Waals surface area contributed by atoms with E-state index in [0.29, 0.717) is 20.7 Å². The summed E-state index contributed by atoms with van der Waals surface area (Å²) in [5.41, 5.74) is 0. The summed E-state index contributed by atoms with van der Waals surface area (Å²) in [7, 11) is 0. The van der Waals surface area contributed by atoms with Crippen LogP contribution in [0.15, 0.2) is 12.2 Å². The topological polar surface area (TPSA) is 0 Å². The summed E-state index contributed by atoms with van der Waals surface area (Å²) >= 11 is 0.400. The van der Waals surface area contributed by atoms with E-state index in [4.69, 9.17) is 0 Å². The third-order valence-electron chi connectivity index (χ3n) is 1.48. The molecule has 0 bridgehead atoms. The zero-order chi connectivity index (χ0) is 5.98. The number of hydrogen-bond acceptors (Lipinski definition) is 0. The van der Waals surface area contributed by atoms with E-state index in [1.54, 1.807) is 0 Å². The summed E-state index contributed by atoms with van der Waals surface area (Å²) in [5.74, 6) is 0.841. The number of alkyl halides is 1. The molecule has 0 radical (unpaired) electrons. The van der Waals surface area contributed by atoms with Crippen LogP contribution in [0.4, 0.5) is 0 Å². The zero-order valence-corrected chi connectivity index (χ0v) is 7.42. The van der Waals surface area contributed by atoms with E-state index in [9.17, 15) is 0 Å². The maximum atomic E-state index is 2.35. The van der Waals surface area contributed by atoms with E-state index < -0.39 is 0 Å². The molecule has 1 heteroatoms. The fourth-order valence-electron chi connectivity index (χ4n) is 0.642. The second-order valence-corrected chi connectivity index (χ2v) is 5.58. The van der Waals surface area contributed by atoms with Crippen molar-refractivity contribution in [3.8, 4) is 0 Å². The van der Waals surface area contributed by atoms with Crippen molar-refractivity contribution >= 4 is 24.7 Å². The first-order valence-electron chi connectivity index (χ1n) is 2.92. The van der Waals surface area contributed by atoms with Crippen LogP contribution in [0.5, 0.6) is 0 Å². The Morgan fingerprint density at radius 1 is 1.38 bits per heavy atom. The molecule has 0 fully saturated rings. The van der Waals surface area contributed by atoms with Crippen LogP contribution in [0, 0.1) is 5.92 Å². The fourth-order valence-corrected chi connectivity index (χ4v) is 2.67. The van der Waals surface area contributed by atoms with Gasteiger partial charge in [-0.3, -0.25) is 0 Å². The van der Waals surface area contributed by atoms with Crippen LogP contribution >= 0.6 is 20.7 Å². The third-order valence-corrected chi connectivity index (χ3v) is 4.58. The molecule has 8 heavy (non-hydrogen) atoms. The molecule has 1 rings (SSSR count). The Balaban J connectivity index is 2.59. The van der Waals surface area contributed by atoms with E-state index in [1.807, 2.05) is 0 Å². The number of allylic oxidation sites excluding steroid dienone is 2. The van der Waals surface area contributed by atoms with Crippen molar-refractivity contribution in [3.05, 3.63) is 12.2 Å². The van der Waals surface area contributed by atoms with Crippen molar-refractivity contribution in [2.75, 3.05) is 0 Å². The normalized spacial score (nSPS) is 36.8. The van der Waals surface area contributed by atoms with Crippen molar-refractivity contribution in [2.45, 2.75) is 17.8 Å². The fraction of sp³-hybridized carbons (Fsp3) is 0.571. The smallest absolute Gasteiger partial charge is 0.00940 e. The van der Waals surface area contributed by atoms with Gasteiger partial charge < -0.3 is 0 Å². The molecule has 1 aliphatic heterocycles. The summed E-state index contributed by atoms with van der Waals surface area (Å²) < 4.78 is 3.32. The van der Waals surface area contributed by atoms with Crippen LogP contribution in [0.25, 0.3) is 0 Å². The van der Waals surface area contributed by atoms with Gasteiger partial charge in [0.1, 0.15) is 0 Å². The van der Waals surface area contributed by atoms with E-state index in [0.717, 1.165) is 9.84 Å². The van der Waals surface area contributed by atoms with Crippen molar-refractivity contribution in [2.24, 2.45) is 5.92 Å². The highest BCUT2D eigenvalue weighted by molar-refractivity contribution is 14.2. The molecule has 0 saturated heterocycles. The molecule has 2 atom stereocenters. The lowest BCUT2D eigenvalue weighted by Crippen LogP contribution is -2.05. The molecule has 0 nitrogen and oxygen atoms in total. The highest BCUT2D eigenvalue weighted by Crippen LogP contribution is 2.21. The summed E-state index contributed by atoms with van der Waals surface area (Å²) in [6.45, 7) is 4.64. The first-order chi connectivity index (χ1) is 3.80. The monoisotopic (exact) mass is 222 g/mol. The van der Waals surface area contributed by atoms with Gasteiger partial charge in [0, 0.05) is 3.92 Å². The Morgan fingerprint density at radius 2 is 2.12 bits per heavy atom. The SMILES string of the molecule is CC1C=CC=IC1C. The van der Waals surface area contributed by atoms with Crippen LogP contribution in [0.1, 0.15) is 13.8 Å². The molecule has 0 saturated carbocycles. The van der Waals surface area contributed by atoms with Gasteiger partial charge in [0.05, 0.1) is 0 Å². The maximum Gasteiger partial charge on any atom is 0.00940 e. The van der Waals surface area contributed by atoms with Crippen LogP contribution in [-0.4, -0.2) is 7.94 Å². The molecule has 0 aromatic heterocycles. The highest BCUT2D eigenvalue weighted by atomic mass is 127. The summed E-state index contributed by atoms with van der Waals surface area (Å²) in [6.07, 6.45) is 4.52. The third kappa shape index (κ3) is 1.41. The molecule has 0 spiro atoms. The lowest BCUT2D eigenvalue weighted by Gasteiger charge is -2.12. The average molecular weight is 222 g/mol. The molecule has 0 aliphatic carbocycles. The van der Waals surface area contributed by atoms with Gasteiger partial charge in [0.2, 0.25) is 0 Å². The van der Waals surface area contributed by atoms with Gasteiger partial charge in [-0.1, -0.05) is 26.0 Å². The van der Waals surface area contributed by atoms with Gasteiger partial charge in [-0.15, -0.1) is 20.7 Å². The van der Waals surface area contributed by atoms with Gasteiger partial charge in [-0.05, 0) is 9.93 Å². The number of hydrogen-bond donors (Lipinski definition) is 0. The molecule has 0 N–H and O–H groups in total. The maximum absolute atomic E-state index is 2.35. The van der Waals surface area contributed by atoms with E-state index in [1.165, 1.54) is 0 Å². The predicted octanol–water partition coefficient (Wildman–Crippen LogP) is 2.35. The molecule has 46 valence electrons. The van der Waals surface area contributed by atoms with E-state index >= 15 is 0 Å². The molecule has 1 heterocycles. The van der Waals surface area contributed by atoms with Crippen LogP contribution in [0.2, 0.25) is 0 Å². The van der Waals surface area contributed by atoms with Crippen molar-refractivity contribution in [1.29, 1.82) is 0 Å². The standard InChI is InChI=1S/C7H11I/c1-6-4-3-5-8-7(6)2/h3-7H,1-2H3. The molecule has 2 unspecified atom stereocenters. The molecular formula is C7H11I. The summed E-state index contributed by atoms with van der Waals surface area (Å²) in [4.78, 5) is 0. The Kier molecular flexibility index (Phi) is 2.23. The Hall–Kier alpha value is 0.340. The molecular weight excluding hydrogens is 211 g/mol. The molecule has 0 aromatic carbocycles. The lowest BCUT2D eigenvalue weighted by molar-refractivity contribution is 0.738. The molecule has 1 aliphatic rings. The van der Waals surface area contributed by atoms with Crippen LogP contribution in [-0.2, 0) is 0 Å². The van der Waals surface area contributed by atoms with E-state index in [2.05, 4.69) is 30.0 Å². The van der Waals surface area contributed by atoms with Crippen LogP contribution in [0.3, 0.4) is 0 Å². The van der Waals surface area contributed by atoms with Gasteiger partial charge >= 0.3 is 0 Å². The van der Waals surface area contributed by atoms with Crippen molar-refractivity contribution in [1.82, 2.24) is 0 Å². The largest absolute Gasteiger partial charge is 0.119 e. The van der Waals surface area contributed by atoms with Gasteiger partial charge in [-0.25, -0.2) is 0 Å². The minimum atomic E-state index is 0.400. The molecule has 0 amide bonds. The lowest BCUT2D eigenvalue weighted by atomic mass is 10.1. The zero-order valence-electron chi connectivity index (χ0n) is 5.26. The van der Waals surface area contributed by atoms with Crippen LogP contribution < -0.4 is 0 Å².